The average molecular weight is 527 g/mol. The number of guanidine groups is 1. The summed E-state index contributed by atoms with van der Waals surface area (Å²) in [6.07, 6.45) is 3.81. The standard InChI is InChI=1S/C21H26FN5O2.HI/c1-2-23-21(26-15-20(28)27-10-3-4-11-27)25-14-16-8-9-19(24-13-16)29-18-7-5-6-17(22)12-18;/h5-9,12-13H,2-4,10-11,14-15H2,1H3,(H2,23,25,26);1H. The van der Waals surface area contributed by atoms with Crippen molar-refractivity contribution < 1.29 is 13.9 Å². The van der Waals surface area contributed by atoms with Crippen LogP contribution in [0, 0.1) is 5.82 Å². The molecular weight excluding hydrogens is 500 g/mol. The van der Waals surface area contributed by atoms with Gasteiger partial charge in [-0.05, 0) is 37.5 Å². The van der Waals surface area contributed by atoms with Crippen LogP contribution in [0.15, 0.2) is 47.6 Å². The van der Waals surface area contributed by atoms with Gasteiger partial charge in [-0.25, -0.2) is 14.4 Å². The highest BCUT2D eigenvalue weighted by molar-refractivity contribution is 14.0. The summed E-state index contributed by atoms with van der Waals surface area (Å²) in [6.45, 7) is 4.97. The summed E-state index contributed by atoms with van der Waals surface area (Å²) >= 11 is 0. The molecule has 0 radical (unpaired) electrons. The number of rotatable bonds is 7. The van der Waals surface area contributed by atoms with Gasteiger partial charge in [-0.15, -0.1) is 24.0 Å². The average Bonchev–Trinajstić information content (AvgIpc) is 3.26. The lowest BCUT2D eigenvalue weighted by Gasteiger charge is -2.17. The number of hydrogen-bond acceptors (Lipinski definition) is 4. The molecule has 1 fully saturated rings. The summed E-state index contributed by atoms with van der Waals surface area (Å²) in [7, 11) is 0. The van der Waals surface area contributed by atoms with Gasteiger partial charge >= 0.3 is 0 Å². The van der Waals surface area contributed by atoms with Crippen molar-refractivity contribution in [1.29, 1.82) is 0 Å². The number of nitrogens with zero attached hydrogens (tertiary/aromatic N) is 3. The summed E-state index contributed by atoms with van der Waals surface area (Å²) in [5.41, 5.74) is 0.889. The number of aromatic nitrogens is 1. The quantitative estimate of drug-likeness (QED) is 0.328. The van der Waals surface area contributed by atoms with Crippen molar-refractivity contribution in [3.8, 4) is 11.6 Å². The Bertz CT molecular complexity index is 842. The number of likely N-dealkylation sites (tertiary alicyclic amines) is 1. The smallest absolute Gasteiger partial charge is 0.241 e. The Morgan fingerprint density at radius 3 is 2.70 bits per heavy atom. The molecule has 1 saturated heterocycles. The fraction of sp³-hybridized carbons (Fsp3) is 0.381. The van der Waals surface area contributed by atoms with Crippen LogP contribution in [-0.4, -0.2) is 47.9 Å². The molecule has 0 saturated carbocycles. The monoisotopic (exact) mass is 527 g/mol. The third-order valence-electron chi connectivity index (χ3n) is 4.45. The van der Waals surface area contributed by atoms with E-state index in [1.165, 1.54) is 12.1 Å². The molecule has 1 aliphatic rings. The second-order valence-electron chi connectivity index (χ2n) is 6.70. The van der Waals surface area contributed by atoms with Gasteiger partial charge in [0.25, 0.3) is 0 Å². The van der Waals surface area contributed by atoms with Gasteiger partial charge in [0.2, 0.25) is 11.8 Å². The molecule has 9 heteroatoms. The summed E-state index contributed by atoms with van der Waals surface area (Å²) < 4.78 is 18.8. The molecule has 3 rings (SSSR count). The van der Waals surface area contributed by atoms with E-state index in [4.69, 9.17) is 4.74 Å². The number of ether oxygens (including phenoxy) is 1. The Balaban J connectivity index is 0.00000320. The van der Waals surface area contributed by atoms with Crippen molar-refractivity contribution in [3.63, 3.8) is 0 Å². The van der Waals surface area contributed by atoms with Gasteiger partial charge in [0.1, 0.15) is 11.6 Å². The number of nitrogens with one attached hydrogen (secondary N) is 2. The van der Waals surface area contributed by atoms with Crippen molar-refractivity contribution in [2.45, 2.75) is 26.3 Å². The second kappa shape index (κ2) is 12.3. The van der Waals surface area contributed by atoms with Crippen LogP contribution in [0.2, 0.25) is 0 Å². The number of benzene rings is 1. The molecule has 30 heavy (non-hydrogen) atoms. The predicted molar refractivity (Wildman–Crippen MR) is 125 cm³/mol. The van der Waals surface area contributed by atoms with E-state index < -0.39 is 0 Å². The summed E-state index contributed by atoms with van der Waals surface area (Å²) in [5, 5.41) is 6.22. The Labute approximate surface area is 193 Å². The molecule has 2 heterocycles. The molecule has 2 aromatic rings. The molecule has 0 atom stereocenters. The molecule has 0 unspecified atom stereocenters. The van der Waals surface area contributed by atoms with Crippen LogP contribution in [-0.2, 0) is 11.3 Å². The SMILES string of the molecule is CCNC(=NCc1ccc(Oc2cccc(F)c2)nc1)NCC(=O)N1CCCC1.I. The molecule has 7 nitrogen and oxygen atoms in total. The maximum Gasteiger partial charge on any atom is 0.241 e. The number of carbonyl (C=O) groups is 1. The van der Waals surface area contributed by atoms with Crippen LogP contribution in [0.4, 0.5) is 4.39 Å². The zero-order valence-corrected chi connectivity index (χ0v) is 19.3. The minimum Gasteiger partial charge on any atom is -0.439 e. The van der Waals surface area contributed by atoms with Crippen LogP contribution < -0.4 is 15.4 Å². The van der Waals surface area contributed by atoms with Crippen molar-refractivity contribution in [1.82, 2.24) is 20.5 Å². The van der Waals surface area contributed by atoms with Gasteiger partial charge in [0.05, 0.1) is 13.1 Å². The fourth-order valence-corrected chi connectivity index (χ4v) is 2.97. The zero-order chi connectivity index (χ0) is 20.5. The van der Waals surface area contributed by atoms with Gasteiger partial charge in [-0.1, -0.05) is 12.1 Å². The zero-order valence-electron chi connectivity index (χ0n) is 16.9. The van der Waals surface area contributed by atoms with E-state index >= 15 is 0 Å². The first-order chi connectivity index (χ1) is 14.1. The van der Waals surface area contributed by atoms with E-state index in [1.54, 1.807) is 24.4 Å². The summed E-state index contributed by atoms with van der Waals surface area (Å²) in [5.74, 6) is 1.09. The predicted octanol–water partition coefficient (Wildman–Crippen LogP) is 3.31. The minimum atomic E-state index is -0.361. The van der Waals surface area contributed by atoms with E-state index in [0.717, 1.165) is 31.5 Å². The van der Waals surface area contributed by atoms with E-state index in [0.29, 0.717) is 30.7 Å². The third kappa shape index (κ3) is 7.43. The lowest BCUT2D eigenvalue weighted by Crippen LogP contribution is -2.44. The van der Waals surface area contributed by atoms with Crippen LogP contribution in [0.25, 0.3) is 0 Å². The number of pyridine rings is 1. The van der Waals surface area contributed by atoms with Crippen molar-refractivity contribution in [3.05, 3.63) is 54.0 Å². The van der Waals surface area contributed by atoms with Crippen LogP contribution in [0.1, 0.15) is 25.3 Å². The largest absolute Gasteiger partial charge is 0.439 e. The number of amides is 1. The van der Waals surface area contributed by atoms with E-state index in [1.807, 2.05) is 17.9 Å². The first kappa shape index (κ1) is 23.8. The minimum absolute atomic E-state index is 0. The van der Waals surface area contributed by atoms with Crippen molar-refractivity contribution in [2.75, 3.05) is 26.2 Å². The highest BCUT2D eigenvalue weighted by atomic mass is 127. The topological polar surface area (TPSA) is 78.9 Å². The normalized spacial score (nSPS) is 13.5. The van der Waals surface area contributed by atoms with E-state index in [2.05, 4.69) is 20.6 Å². The number of hydrogen-bond donors (Lipinski definition) is 2. The molecule has 1 aliphatic heterocycles. The Hall–Kier alpha value is -2.43. The first-order valence-corrected chi connectivity index (χ1v) is 9.82. The number of aliphatic imine (C=N–C) groups is 1. The van der Waals surface area contributed by atoms with Gasteiger partial charge in [0.15, 0.2) is 5.96 Å². The van der Waals surface area contributed by atoms with Crippen LogP contribution in [0.3, 0.4) is 0 Å². The molecule has 1 aromatic carbocycles. The van der Waals surface area contributed by atoms with Crippen LogP contribution >= 0.6 is 24.0 Å². The van der Waals surface area contributed by atoms with E-state index in [9.17, 15) is 9.18 Å². The maximum absolute atomic E-state index is 13.2. The number of carbonyl (C=O) groups excluding carboxylic acids is 1. The highest BCUT2D eigenvalue weighted by Crippen LogP contribution is 2.20. The lowest BCUT2D eigenvalue weighted by molar-refractivity contribution is -0.128. The molecule has 1 amide bonds. The lowest BCUT2D eigenvalue weighted by atomic mass is 10.3. The Morgan fingerprint density at radius 2 is 2.03 bits per heavy atom. The molecular formula is C21H27FIN5O2. The second-order valence-corrected chi connectivity index (χ2v) is 6.70. The highest BCUT2D eigenvalue weighted by Gasteiger charge is 2.17. The van der Waals surface area contributed by atoms with E-state index in [-0.39, 0.29) is 42.2 Å². The fourth-order valence-electron chi connectivity index (χ4n) is 2.97. The van der Waals surface area contributed by atoms with Crippen LogP contribution in [0.5, 0.6) is 11.6 Å². The Kier molecular flexibility index (Phi) is 9.78. The Morgan fingerprint density at radius 1 is 1.23 bits per heavy atom. The van der Waals surface area contributed by atoms with Crippen molar-refractivity contribution >= 4 is 35.8 Å². The molecule has 1 aromatic heterocycles. The molecule has 0 bridgehead atoms. The third-order valence-corrected chi connectivity index (χ3v) is 4.45. The maximum atomic E-state index is 13.2. The first-order valence-electron chi connectivity index (χ1n) is 9.82. The van der Waals surface area contributed by atoms with Gasteiger partial charge in [-0.3, -0.25) is 4.79 Å². The van der Waals surface area contributed by atoms with Gasteiger partial charge < -0.3 is 20.3 Å². The summed E-state index contributed by atoms with van der Waals surface area (Å²) in [6, 6.07) is 9.48. The van der Waals surface area contributed by atoms with Crippen molar-refractivity contribution in [2.24, 2.45) is 4.99 Å². The summed E-state index contributed by atoms with van der Waals surface area (Å²) in [4.78, 5) is 22.8. The number of halogens is 2. The molecule has 0 aliphatic carbocycles. The molecule has 2 N–H and O–H groups in total. The molecule has 162 valence electrons. The molecule has 0 spiro atoms. The van der Waals surface area contributed by atoms with Gasteiger partial charge in [-0.2, -0.15) is 0 Å². The van der Waals surface area contributed by atoms with Gasteiger partial charge in [0, 0.05) is 38.0 Å².